The maximum Gasteiger partial charge on any atom is 0.274 e. The van der Waals surface area contributed by atoms with Crippen LogP contribution in [0.5, 0.6) is 0 Å². The van der Waals surface area contributed by atoms with E-state index in [0.29, 0.717) is 18.8 Å². The van der Waals surface area contributed by atoms with Gasteiger partial charge in [0.25, 0.3) is 5.91 Å². The molecule has 0 aliphatic rings. The van der Waals surface area contributed by atoms with Crippen molar-refractivity contribution in [2.45, 2.75) is 20.4 Å². The number of H-pyrrole nitrogens is 1. The highest BCUT2D eigenvalue weighted by Crippen LogP contribution is 2.10. The molecule has 1 amide bonds. The second kappa shape index (κ2) is 5.49. The van der Waals surface area contributed by atoms with E-state index in [9.17, 15) is 4.79 Å². The van der Waals surface area contributed by atoms with Crippen LogP contribution in [0, 0.1) is 6.92 Å². The number of imidazole rings is 1. The number of benzene rings is 1. The zero-order valence-corrected chi connectivity index (χ0v) is 10.7. The van der Waals surface area contributed by atoms with Crippen molar-refractivity contribution in [1.82, 2.24) is 14.9 Å². The lowest BCUT2D eigenvalue weighted by molar-refractivity contribution is 0.0746. The van der Waals surface area contributed by atoms with Gasteiger partial charge in [-0.2, -0.15) is 0 Å². The number of hydrogen-bond donors (Lipinski definition) is 1. The van der Waals surface area contributed by atoms with Crippen molar-refractivity contribution in [3.63, 3.8) is 0 Å². The summed E-state index contributed by atoms with van der Waals surface area (Å²) >= 11 is 0. The summed E-state index contributed by atoms with van der Waals surface area (Å²) in [6, 6.07) is 9.97. The van der Waals surface area contributed by atoms with Crippen LogP contribution in [0.25, 0.3) is 0 Å². The van der Waals surface area contributed by atoms with E-state index in [1.807, 2.05) is 44.2 Å². The molecule has 1 aromatic carbocycles. The van der Waals surface area contributed by atoms with E-state index in [4.69, 9.17) is 0 Å². The van der Waals surface area contributed by atoms with Crippen molar-refractivity contribution >= 4 is 5.91 Å². The van der Waals surface area contributed by atoms with Crippen molar-refractivity contribution in [3.8, 4) is 0 Å². The van der Waals surface area contributed by atoms with Gasteiger partial charge in [0.05, 0.1) is 6.33 Å². The largest absolute Gasteiger partial charge is 0.348 e. The highest BCUT2D eigenvalue weighted by molar-refractivity contribution is 5.93. The summed E-state index contributed by atoms with van der Waals surface area (Å²) < 4.78 is 0. The van der Waals surface area contributed by atoms with Crippen LogP contribution in [0.3, 0.4) is 0 Å². The van der Waals surface area contributed by atoms with Crippen LogP contribution in [0.2, 0.25) is 0 Å². The average molecular weight is 243 g/mol. The van der Waals surface area contributed by atoms with Gasteiger partial charge in [-0.15, -0.1) is 0 Å². The number of rotatable bonds is 4. The molecule has 18 heavy (non-hydrogen) atoms. The van der Waals surface area contributed by atoms with Crippen LogP contribution >= 0.6 is 0 Å². The SMILES string of the molecule is CCN(Cc1ccccc1)C(=O)c1nc[nH]c1C. The number of nitrogens with zero attached hydrogens (tertiary/aromatic N) is 2. The van der Waals surface area contributed by atoms with Crippen molar-refractivity contribution < 1.29 is 4.79 Å². The predicted molar refractivity (Wildman–Crippen MR) is 70.2 cm³/mol. The van der Waals surface area contributed by atoms with Crippen LogP contribution in [0.1, 0.15) is 28.7 Å². The lowest BCUT2D eigenvalue weighted by Crippen LogP contribution is -2.31. The monoisotopic (exact) mass is 243 g/mol. The molecule has 0 aliphatic heterocycles. The number of aromatic nitrogens is 2. The average Bonchev–Trinajstić information content (AvgIpc) is 2.82. The highest BCUT2D eigenvalue weighted by atomic mass is 16.2. The molecule has 0 radical (unpaired) electrons. The molecule has 1 aromatic heterocycles. The molecule has 0 atom stereocenters. The molecule has 1 N–H and O–H groups in total. The summed E-state index contributed by atoms with van der Waals surface area (Å²) in [6.07, 6.45) is 1.55. The number of carbonyl (C=O) groups is 1. The topological polar surface area (TPSA) is 49.0 Å². The molecule has 4 nitrogen and oxygen atoms in total. The van der Waals surface area contributed by atoms with E-state index in [1.54, 1.807) is 11.2 Å². The van der Waals surface area contributed by atoms with E-state index < -0.39 is 0 Å². The van der Waals surface area contributed by atoms with Crippen LogP contribution in [0.4, 0.5) is 0 Å². The molecule has 0 spiro atoms. The summed E-state index contributed by atoms with van der Waals surface area (Å²) in [5.41, 5.74) is 2.44. The highest BCUT2D eigenvalue weighted by Gasteiger charge is 2.18. The molecule has 94 valence electrons. The molecule has 4 heteroatoms. The Bertz CT molecular complexity index is 519. The second-order valence-corrected chi connectivity index (χ2v) is 4.18. The minimum Gasteiger partial charge on any atom is -0.348 e. The number of hydrogen-bond acceptors (Lipinski definition) is 2. The Hall–Kier alpha value is -2.10. The molecular weight excluding hydrogens is 226 g/mol. The maximum atomic E-state index is 12.3. The number of carbonyl (C=O) groups excluding carboxylic acids is 1. The van der Waals surface area contributed by atoms with Crippen LogP contribution in [-0.4, -0.2) is 27.3 Å². The fourth-order valence-corrected chi connectivity index (χ4v) is 1.86. The van der Waals surface area contributed by atoms with Crippen molar-refractivity contribution in [3.05, 3.63) is 53.6 Å². The van der Waals surface area contributed by atoms with Crippen LogP contribution < -0.4 is 0 Å². The third-order valence-electron chi connectivity index (χ3n) is 2.92. The van der Waals surface area contributed by atoms with Gasteiger partial charge in [-0.1, -0.05) is 30.3 Å². The minimum absolute atomic E-state index is 0.0277. The van der Waals surface area contributed by atoms with E-state index in [-0.39, 0.29) is 5.91 Å². The van der Waals surface area contributed by atoms with E-state index >= 15 is 0 Å². The Labute approximate surface area is 107 Å². The van der Waals surface area contributed by atoms with Gasteiger partial charge in [0.2, 0.25) is 0 Å². The number of nitrogens with one attached hydrogen (secondary N) is 1. The number of amides is 1. The smallest absolute Gasteiger partial charge is 0.274 e. The Balaban J connectivity index is 2.15. The molecule has 2 rings (SSSR count). The summed E-state index contributed by atoms with van der Waals surface area (Å²) in [5, 5.41) is 0. The fourth-order valence-electron chi connectivity index (χ4n) is 1.86. The summed E-state index contributed by atoms with van der Waals surface area (Å²) in [6.45, 7) is 5.11. The third kappa shape index (κ3) is 2.59. The number of aryl methyl sites for hydroxylation is 1. The Morgan fingerprint density at radius 2 is 2.06 bits per heavy atom. The summed E-state index contributed by atoms with van der Waals surface area (Å²) in [7, 11) is 0. The normalized spacial score (nSPS) is 10.3. The number of aromatic amines is 1. The predicted octanol–water partition coefficient (Wildman–Crippen LogP) is 2.38. The second-order valence-electron chi connectivity index (χ2n) is 4.18. The first-order chi connectivity index (χ1) is 8.72. The summed E-state index contributed by atoms with van der Waals surface area (Å²) in [5.74, 6) is -0.0277. The van der Waals surface area contributed by atoms with Crippen molar-refractivity contribution in [2.75, 3.05) is 6.54 Å². The molecule has 0 unspecified atom stereocenters. The third-order valence-corrected chi connectivity index (χ3v) is 2.92. The molecule has 1 heterocycles. The first kappa shape index (κ1) is 12.4. The summed E-state index contributed by atoms with van der Waals surface area (Å²) in [4.78, 5) is 21.1. The molecule has 0 saturated heterocycles. The van der Waals surface area contributed by atoms with Gasteiger partial charge in [0.1, 0.15) is 5.69 Å². The first-order valence-corrected chi connectivity index (χ1v) is 6.05. The van der Waals surface area contributed by atoms with Gasteiger partial charge >= 0.3 is 0 Å². The van der Waals surface area contributed by atoms with E-state index in [0.717, 1.165) is 11.3 Å². The van der Waals surface area contributed by atoms with E-state index in [2.05, 4.69) is 9.97 Å². The molecule has 0 saturated carbocycles. The lowest BCUT2D eigenvalue weighted by atomic mass is 10.2. The fraction of sp³-hybridized carbons (Fsp3) is 0.286. The van der Waals surface area contributed by atoms with Gasteiger partial charge in [0, 0.05) is 18.8 Å². The zero-order chi connectivity index (χ0) is 13.0. The quantitative estimate of drug-likeness (QED) is 0.896. The first-order valence-electron chi connectivity index (χ1n) is 6.05. The zero-order valence-electron chi connectivity index (χ0n) is 10.7. The Morgan fingerprint density at radius 3 is 2.61 bits per heavy atom. The van der Waals surface area contributed by atoms with Gasteiger partial charge in [-0.3, -0.25) is 4.79 Å². The Kier molecular flexibility index (Phi) is 3.77. The van der Waals surface area contributed by atoms with E-state index in [1.165, 1.54) is 0 Å². The minimum atomic E-state index is -0.0277. The standard InChI is InChI=1S/C14H17N3O/c1-3-17(9-12-7-5-4-6-8-12)14(18)13-11(2)15-10-16-13/h4-8,10H,3,9H2,1-2H3,(H,15,16). The van der Waals surface area contributed by atoms with Crippen molar-refractivity contribution in [1.29, 1.82) is 0 Å². The Morgan fingerprint density at radius 1 is 1.33 bits per heavy atom. The molecule has 2 aromatic rings. The van der Waals surface area contributed by atoms with Crippen LogP contribution in [0.15, 0.2) is 36.7 Å². The molecule has 0 fully saturated rings. The molecule has 0 bridgehead atoms. The molecule has 0 aliphatic carbocycles. The molecular formula is C14H17N3O. The van der Waals surface area contributed by atoms with Gasteiger partial charge < -0.3 is 9.88 Å². The van der Waals surface area contributed by atoms with Crippen molar-refractivity contribution in [2.24, 2.45) is 0 Å². The van der Waals surface area contributed by atoms with Gasteiger partial charge in [0.15, 0.2) is 0 Å². The van der Waals surface area contributed by atoms with Gasteiger partial charge in [-0.25, -0.2) is 4.98 Å². The van der Waals surface area contributed by atoms with Crippen LogP contribution in [-0.2, 0) is 6.54 Å². The maximum absolute atomic E-state index is 12.3. The van der Waals surface area contributed by atoms with Gasteiger partial charge in [-0.05, 0) is 19.4 Å². The lowest BCUT2D eigenvalue weighted by Gasteiger charge is -2.20.